The minimum Gasteiger partial charge on any atom is -0.252 e. The van der Waals surface area contributed by atoms with E-state index >= 15 is 0 Å². The van der Waals surface area contributed by atoms with Gasteiger partial charge in [0.15, 0.2) is 0 Å². The van der Waals surface area contributed by atoms with Crippen LogP contribution in [0, 0.1) is 29.9 Å². The van der Waals surface area contributed by atoms with Crippen LogP contribution in [-0.4, -0.2) is 24.8 Å². The van der Waals surface area contributed by atoms with Gasteiger partial charge in [-0.3, -0.25) is 4.98 Å². The smallest absolute Gasteiger partial charge is 0.252 e. The Morgan fingerprint density at radius 2 is 1.91 bits per heavy atom. The first kappa shape index (κ1) is 21.4. The van der Waals surface area contributed by atoms with Crippen LogP contribution in [0.1, 0.15) is 16.8 Å². The molecule has 160 valence electrons. The molecule has 0 aliphatic heterocycles. The van der Waals surface area contributed by atoms with Crippen LogP contribution in [0.25, 0.3) is 16.9 Å². The summed E-state index contributed by atoms with van der Waals surface area (Å²) in [6, 6.07) is 14.3. The fourth-order valence-electron chi connectivity index (χ4n) is 3.12. The van der Waals surface area contributed by atoms with E-state index in [0.29, 0.717) is 27.4 Å². The molecular weight excluding hydrogens is 434 g/mol. The highest BCUT2D eigenvalue weighted by Gasteiger charge is 2.16. The van der Waals surface area contributed by atoms with Crippen molar-refractivity contribution in [1.29, 1.82) is 5.26 Å². The maximum atomic E-state index is 14.8. The van der Waals surface area contributed by atoms with E-state index in [2.05, 4.69) is 21.5 Å². The highest BCUT2D eigenvalue weighted by Crippen LogP contribution is 2.31. The Kier molecular flexibility index (Phi) is 5.83. The quantitative estimate of drug-likeness (QED) is 0.430. The molecule has 0 radical (unpaired) electrons. The van der Waals surface area contributed by atoms with Gasteiger partial charge in [-0.05, 0) is 53.7 Å². The first-order valence-electron chi connectivity index (χ1n) is 9.46. The minimum absolute atomic E-state index is 0.0789. The molecule has 0 spiro atoms. The van der Waals surface area contributed by atoms with E-state index in [0.717, 1.165) is 21.1 Å². The molecule has 0 unspecified atom stereocenters. The van der Waals surface area contributed by atoms with Crippen molar-refractivity contribution in [2.45, 2.75) is 17.6 Å². The number of tetrazole rings is 1. The van der Waals surface area contributed by atoms with Crippen molar-refractivity contribution in [1.82, 2.24) is 24.8 Å². The van der Waals surface area contributed by atoms with E-state index in [4.69, 9.17) is 5.26 Å². The van der Waals surface area contributed by atoms with Crippen molar-refractivity contribution in [2.75, 3.05) is 0 Å². The van der Waals surface area contributed by atoms with Crippen LogP contribution in [0.2, 0.25) is 0 Å². The van der Waals surface area contributed by atoms with E-state index in [1.54, 1.807) is 37.3 Å². The van der Waals surface area contributed by atoms with Crippen molar-refractivity contribution >= 4 is 11.8 Å². The summed E-state index contributed by atoms with van der Waals surface area (Å²) in [5.74, 6) is -0.928. The Balaban J connectivity index is 1.61. The lowest BCUT2D eigenvalue weighted by molar-refractivity contribution is 0.601. The molecule has 4 aromatic rings. The van der Waals surface area contributed by atoms with Crippen LogP contribution in [0.15, 0.2) is 58.2 Å². The number of nitriles is 1. The first-order valence-corrected chi connectivity index (χ1v) is 10.4. The zero-order valence-corrected chi connectivity index (χ0v) is 17.9. The van der Waals surface area contributed by atoms with E-state index in [1.807, 2.05) is 0 Å². The second kappa shape index (κ2) is 8.72. The molecule has 32 heavy (non-hydrogen) atoms. The molecule has 0 saturated carbocycles. The number of hydrogen-bond acceptors (Lipinski definition) is 6. The highest BCUT2D eigenvalue weighted by molar-refractivity contribution is 7.98. The van der Waals surface area contributed by atoms with E-state index < -0.39 is 17.3 Å². The molecule has 2 heterocycles. The van der Waals surface area contributed by atoms with Crippen molar-refractivity contribution < 1.29 is 8.78 Å². The predicted octanol–water partition coefficient (Wildman–Crippen LogP) is 3.78. The molecule has 0 N–H and O–H groups in total. The number of hydrogen-bond donors (Lipinski definition) is 0. The third kappa shape index (κ3) is 4.02. The van der Waals surface area contributed by atoms with Gasteiger partial charge in [-0.1, -0.05) is 12.1 Å². The Hall–Kier alpha value is -3.84. The summed E-state index contributed by atoms with van der Waals surface area (Å²) in [6.07, 6.45) is 0. The third-order valence-corrected chi connectivity index (χ3v) is 5.92. The van der Waals surface area contributed by atoms with Gasteiger partial charge in [0.05, 0.1) is 22.6 Å². The molecule has 10 heteroatoms. The van der Waals surface area contributed by atoms with Gasteiger partial charge < -0.3 is 0 Å². The summed E-state index contributed by atoms with van der Waals surface area (Å²) in [4.78, 5) is 16.9. The molecule has 0 fully saturated rings. The van der Waals surface area contributed by atoms with Gasteiger partial charge in [-0.15, -0.1) is 11.8 Å². The zero-order valence-electron chi connectivity index (χ0n) is 17.1. The molecule has 0 bridgehead atoms. The molecule has 0 amide bonds. The number of nitrogens with zero attached hydrogens (tertiary/aromatic N) is 6. The lowest BCUT2D eigenvalue weighted by atomic mass is 10.1. The van der Waals surface area contributed by atoms with Crippen LogP contribution in [-0.2, 0) is 12.8 Å². The van der Waals surface area contributed by atoms with Gasteiger partial charge in [-0.25, -0.2) is 13.6 Å². The Morgan fingerprint density at radius 1 is 1.09 bits per heavy atom. The summed E-state index contributed by atoms with van der Waals surface area (Å²) in [6.45, 7) is 1.72. The summed E-state index contributed by atoms with van der Waals surface area (Å²) in [7, 11) is 1.45. The topological polar surface area (TPSA) is 89.4 Å². The molecule has 0 aliphatic rings. The van der Waals surface area contributed by atoms with Gasteiger partial charge in [0.2, 0.25) is 0 Å². The fourth-order valence-corrected chi connectivity index (χ4v) is 4.07. The lowest BCUT2D eigenvalue weighted by Crippen LogP contribution is -2.23. The van der Waals surface area contributed by atoms with Gasteiger partial charge in [0, 0.05) is 28.8 Å². The molecule has 0 aliphatic carbocycles. The van der Waals surface area contributed by atoms with Gasteiger partial charge in [-0.2, -0.15) is 14.6 Å². The summed E-state index contributed by atoms with van der Waals surface area (Å²) >= 11 is 1.10. The van der Waals surface area contributed by atoms with Crippen LogP contribution in [0.4, 0.5) is 8.78 Å². The van der Waals surface area contributed by atoms with Crippen molar-refractivity contribution in [3.05, 3.63) is 87.5 Å². The fraction of sp³-hybridized carbons (Fsp3) is 0.136. The first-order chi connectivity index (χ1) is 15.4. The van der Waals surface area contributed by atoms with E-state index in [1.165, 1.54) is 25.2 Å². The van der Waals surface area contributed by atoms with E-state index in [-0.39, 0.29) is 17.0 Å². The van der Waals surface area contributed by atoms with Crippen LogP contribution in [0.5, 0.6) is 0 Å². The van der Waals surface area contributed by atoms with Gasteiger partial charge in [0.25, 0.3) is 0 Å². The molecule has 0 saturated heterocycles. The number of aromatic nitrogens is 5. The lowest BCUT2D eigenvalue weighted by Gasteiger charge is -2.10. The molecule has 2 aromatic heterocycles. The number of benzene rings is 2. The van der Waals surface area contributed by atoms with Gasteiger partial charge >= 0.3 is 5.69 Å². The second-order valence-corrected chi connectivity index (χ2v) is 7.93. The largest absolute Gasteiger partial charge is 0.368 e. The summed E-state index contributed by atoms with van der Waals surface area (Å²) < 4.78 is 31.4. The zero-order chi connectivity index (χ0) is 22.8. The Bertz CT molecular complexity index is 1420. The number of rotatable bonds is 5. The maximum Gasteiger partial charge on any atom is 0.368 e. The number of aryl methyl sites for hydroxylation is 2. The molecule has 0 atom stereocenters. The molecule has 2 aromatic carbocycles. The van der Waals surface area contributed by atoms with Crippen molar-refractivity contribution in [3.8, 4) is 23.0 Å². The van der Waals surface area contributed by atoms with E-state index in [9.17, 15) is 13.6 Å². The SMILES string of the molecule is Cc1nc(-c2ccc(SCc3c(F)cccc3-n3nnn(C)c3=O)c(F)c2)ccc1C#N. The normalized spacial score (nSPS) is 10.8. The average Bonchev–Trinajstić information content (AvgIpc) is 3.11. The van der Waals surface area contributed by atoms with Crippen LogP contribution >= 0.6 is 11.8 Å². The summed E-state index contributed by atoms with van der Waals surface area (Å²) in [5, 5.41) is 16.5. The van der Waals surface area contributed by atoms with Gasteiger partial charge in [0.1, 0.15) is 17.7 Å². The standard InChI is InChI=1S/C22H16F2N6OS/c1-13-15(11-25)6-8-19(26-13)14-7-9-21(18(24)10-14)32-12-16-17(23)4-3-5-20(16)30-22(31)29(2)27-28-30/h3-10H,12H2,1-2H3. The summed E-state index contributed by atoms with van der Waals surface area (Å²) in [5.41, 5.74) is 2.10. The molecule has 7 nitrogen and oxygen atoms in total. The second-order valence-electron chi connectivity index (χ2n) is 6.91. The third-order valence-electron chi connectivity index (χ3n) is 4.85. The Labute approximate surface area is 185 Å². The highest BCUT2D eigenvalue weighted by atomic mass is 32.2. The number of pyridine rings is 1. The average molecular weight is 450 g/mol. The predicted molar refractivity (Wildman–Crippen MR) is 115 cm³/mol. The Morgan fingerprint density at radius 3 is 2.56 bits per heavy atom. The number of halogens is 2. The number of thioether (sulfide) groups is 1. The minimum atomic E-state index is -0.526. The maximum absolute atomic E-state index is 14.8. The monoisotopic (exact) mass is 450 g/mol. The van der Waals surface area contributed by atoms with Crippen LogP contribution in [0.3, 0.4) is 0 Å². The van der Waals surface area contributed by atoms with Crippen molar-refractivity contribution in [2.24, 2.45) is 7.05 Å². The molecular formula is C22H16F2N6OS. The van der Waals surface area contributed by atoms with Crippen LogP contribution < -0.4 is 5.69 Å². The molecule has 4 rings (SSSR count). The van der Waals surface area contributed by atoms with Crippen molar-refractivity contribution in [3.63, 3.8) is 0 Å².